The number of hydrogen-bond donors (Lipinski definition) is 1. The van der Waals surface area contributed by atoms with Crippen molar-refractivity contribution in [2.45, 2.75) is 6.92 Å². The van der Waals surface area contributed by atoms with E-state index in [4.69, 9.17) is 5.73 Å². The van der Waals surface area contributed by atoms with E-state index in [-0.39, 0.29) is 5.78 Å². The normalized spacial score (nSPS) is 10.7. The molecule has 2 aromatic rings. The predicted molar refractivity (Wildman–Crippen MR) is 63.9 cm³/mol. The molecule has 2 rings (SSSR count). The molecule has 0 unspecified atom stereocenters. The Labute approximate surface area is 93.9 Å². The zero-order valence-corrected chi connectivity index (χ0v) is 9.91. The van der Waals surface area contributed by atoms with Gasteiger partial charge >= 0.3 is 0 Å². The lowest BCUT2D eigenvalue weighted by Gasteiger charge is -1.96. The lowest BCUT2D eigenvalue weighted by atomic mass is 10.2. The van der Waals surface area contributed by atoms with Crippen LogP contribution in [0.2, 0.25) is 0 Å². The lowest BCUT2D eigenvalue weighted by Crippen LogP contribution is -1.84. The summed E-state index contributed by atoms with van der Waals surface area (Å²) in [4.78, 5) is 11.9. The maximum absolute atomic E-state index is 11.2. The van der Waals surface area contributed by atoms with Crippen LogP contribution < -0.4 is 5.73 Å². The number of rotatable bonds is 1. The molecular formula is C10H8BrNOS. The fourth-order valence-electron chi connectivity index (χ4n) is 1.25. The van der Waals surface area contributed by atoms with Gasteiger partial charge < -0.3 is 5.73 Å². The van der Waals surface area contributed by atoms with E-state index >= 15 is 0 Å². The van der Waals surface area contributed by atoms with Crippen molar-refractivity contribution in [2.24, 2.45) is 0 Å². The molecule has 2 N–H and O–H groups in total. The smallest absolute Gasteiger partial charge is 0.169 e. The highest BCUT2D eigenvalue weighted by Crippen LogP contribution is 2.32. The second kappa shape index (κ2) is 3.37. The molecule has 0 saturated carbocycles. The third kappa shape index (κ3) is 1.55. The van der Waals surface area contributed by atoms with E-state index in [2.05, 4.69) is 15.9 Å². The largest absolute Gasteiger partial charge is 0.398 e. The van der Waals surface area contributed by atoms with Gasteiger partial charge in [-0.05, 0) is 46.4 Å². The van der Waals surface area contributed by atoms with E-state index in [1.807, 2.05) is 18.2 Å². The van der Waals surface area contributed by atoms with Crippen LogP contribution in [-0.2, 0) is 0 Å². The van der Waals surface area contributed by atoms with Crippen LogP contribution in [0.5, 0.6) is 0 Å². The zero-order chi connectivity index (χ0) is 10.3. The van der Waals surface area contributed by atoms with Crippen molar-refractivity contribution in [1.29, 1.82) is 0 Å². The Morgan fingerprint density at radius 3 is 2.79 bits per heavy atom. The number of benzene rings is 1. The maximum Gasteiger partial charge on any atom is 0.169 e. The molecule has 14 heavy (non-hydrogen) atoms. The number of anilines is 1. The minimum Gasteiger partial charge on any atom is -0.398 e. The quantitative estimate of drug-likeness (QED) is 0.637. The summed E-state index contributed by atoms with van der Waals surface area (Å²) in [5.74, 6) is 0.0980. The SMILES string of the molecule is CC(=O)c1cc2cc(N)c(Br)cc2s1. The van der Waals surface area contributed by atoms with Crippen molar-refractivity contribution in [3.8, 4) is 0 Å². The molecule has 0 amide bonds. The van der Waals surface area contributed by atoms with E-state index in [9.17, 15) is 4.79 Å². The Morgan fingerprint density at radius 2 is 2.14 bits per heavy atom. The third-order valence-electron chi connectivity index (χ3n) is 1.98. The summed E-state index contributed by atoms with van der Waals surface area (Å²) in [5, 5.41) is 1.03. The van der Waals surface area contributed by atoms with E-state index < -0.39 is 0 Å². The van der Waals surface area contributed by atoms with Crippen LogP contribution in [0.1, 0.15) is 16.6 Å². The first-order valence-corrected chi connectivity index (χ1v) is 5.68. The monoisotopic (exact) mass is 269 g/mol. The van der Waals surface area contributed by atoms with Gasteiger partial charge in [0.2, 0.25) is 0 Å². The van der Waals surface area contributed by atoms with Crippen molar-refractivity contribution >= 4 is 48.8 Å². The van der Waals surface area contributed by atoms with E-state index in [1.54, 1.807) is 6.92 Å². The molecule has 0 spiro atoms. The summed E-state index contributed by atoms with van der Waals surface area (Å²) in [5.41, 5.74) is 6.44. The predicted octanol–water partition coefficient (Wildman–Crippen LogP) is 3.45. The highest BCUT2D eigenvalue weighted by atomic mass is 79.9. The summed E-state index contributed by atoms with van der Waals surface area (Å²) in [7, 11) is 0. The van der Waals surface area contributed by atoms with Crippen LogP contribution >= 0.6 is 27.3 Å². The molecule has 1 heterocycles. The van der Waals surface area contributed by atoms with Crippen molar-refractivity contribution in [3.05, 3.63) is 27.5 Å². The van der Waals surface area contributed by atoms with E-state index in [0.717, 1.165) is 19.4 Å². The van der Waals surface area contributed by atoms with Gasteiger partial charge in [0, 0.05) is 14.9 Å². The average molecular weight is 270 g/mol. The van der Waals surface area contributed by atoms with Gasteiger partial charge in [-0.15, -0.1) is 11.3 Å². The minimum atomic E-state index is 0.0980. The number of hydrogen-bond acceptors (Lipinski definition) is 3. The van der Waals surface area contributed by atoms with Crippen molar-refractivity contribution in [1.82, 2.24) is 0 Å². The van der Waals surface area contributed by atoms with Crippen LogP contribution in [0.15, 0.2) is 22.7 Å². The van der Waals surface area contributed by atoms with Gasteiger partial charge in [0.1, 0.15) is 0 Å². The van der Waals surface area contributed by atoms with E-state index in [0.29, 0.717) is 5.69 Å². The number of carbonyl (C=O) groups excluding carboxylic acids is 1. The number of halogens is 1. The lowest BCUT2D eigenvalue weighted by molar-refractivity contribution is 0.102. The van der Waals surface area contributed by atoms with Crippen LogP contribution in [-0.4, -0.2) is 5.78 Å². The molecule has 0 bridgehead atoms. The highest BCUT2D eigenvalue weighted by Gasteiger charge is 2.07. The van der Waals surface area contributed by atoms with Crippen LogP contribution in [0.3, 0.4) is 0 Å². The Bertz CT molecular complexity index is 479. The van der Waals surface area contributed by atoms with Gasteiger partial charge in [0.15, 0.2) is 5.78 Å². The summed E-state index contributed by atoms with van der Waals surface area (Å²) in [6, 6.07) is 5.70. The van der Waals surface area contributed by atoms with Crippen LogP contribution in [0.4, 0.5) is 5.69 Å². The number of carbonyl (C=O) groups is 1. The molecule has 0 atom stereocenters. The van der Waals surface area contributed by atoms with Crippen molar-refractivity contribution in [2.75, 3.05) is 5.73 Å². The highest BCUT2D eigenvalue weighted by molar-refractivity contribution is 9.10. The number of nitrogen functional groups attached to an aromatic ring is 1. The Kier molecular flexibility index (Phi) is 2.33. The molecule has 1 aromatic carbocycles. The van der Waals surface area contributed by atoms with Gasteiger partial charge in [-0.25, -0.2) is 0 Å². The Morgan fingerprint density at radius 1 is 1.43 bits per heavy atom. The van der Waals surface area contributed by atoms with Gasteiger partial charge in [0.25, 0.3) is 0 Å². The number of nitrogens with two attached hydrogens (primary N) is 1. The van der Waals surface area contributed by atoms with Gasteiger partial charge in [-0.3, -0.25) is 4.79 Å². The first-order chi connectivity index (χ1) is 6.58. The van der Waals surface area contributed by atoms with Crippen molar-refractivity contribution in [3.63, 3.8) is 0 Å². The molecule has 2 nitrogen and oxygen atoms in total. The maximum atomic E-state index is 11.2. The fourth-order valence-corrected chi connectivity index (χ4v) is 2.73. The number of ketones is 1. The fraction of sp³-hybridized carbons (Fsp3) is 0.100. The summed E-state index contributed by atoms with van der Waals surface area (Å²) < 4.78 is 1.96. The average Bonchev–Trinajstić information content (AvgIpc) is 2.48. The van der Waals surface area contributed by atoms with Crippen LogP contribution in [0.25, 0.3) is 10.1 Å². The molecule has 4 heteroatoms. The second-order valence-corrected chi connectivity index (χ2v) is 5.02. The molecule has 0 radical (unpaired) electrons. The van der Waals surface area contributed by atoms with Gasteiger partial charge in [-0.2, -0.15) is 0 Å². The summed E-state index contributed by atoms with van der Waals surface area (Å²) in [6.07, 6.45) is 0. The number of thiophene rings is 1. The first kappa shape index (κ1) is 9.68. The van der Waals surface area contributed by atoms with Crippen LogP contribution in [0, 0.1) is 0 Å². The summed E-state index contributed by atoms with van der Waals surface area (Å²) >= 11 is 4.85. The molecule has 0 fully saturated rings. The standard InChI is InChI=1S/C10H8BrNOS/c1-5(13)9-3-6-2-8(12)7(11)4-10(6)14-9/h2-4H,12H2,1H3. The number of Topliss-reactive ketones (excluding diaryl/α,β-unsaturated/α-hetero) is 1. The molecule has 0 aliphatic carbocycles. The Balaban J connectivity index is 2.72. The molecular weight excluding hydrogens is 262 g/mol. The molecule has 0 aliphatic heterocycles. The number of fused-ring (bicyclic) bond motifs is 1. The topological polar surface area (TPSA) is 43.1 Å². The Hall–Kier alpha value is -0.870. The van der Waals surface area contributed by atoms with Gasteiger partial charge in [-0.1, -0.05) is 0 Å². The van der Waals surface area contributed by atoms with Crippen molar-refractivity contribution < 1.29 is 4.79 Å². The second-order valence-electron chi connectivity index (χ2n) is 3.08. The first-order valence-electron chi connectivity index (χ1n) is 4.07. The summed E-state index contributed by atoms with van der Waals surface area (Å²) in [6.45, 7) is 1.57. The third-order valence-corrected chi connectivity index (χ3v) is 3.87. The minimum absolute atomic E-state index is 0.0980. The molecule has 72 valence electrons. The molecule has 1 aromatic heterocycles. The molecule has 0 aliphatic rings. The van der Waals surface area contributed by atoms with Gasteiger partial charge in [0.05, 0.1) is 4.88 Å². The molecule has 0 saturated heterocycles. The zero-order valence-electron chi connectivity index (χ0n) is 7.50. The van der Waals surface area contributed by atoms with E-state index in [1.165, 1.54) is 11.3 Å².